The maximum Gasteiger partial charge on any atom is 0.258 e. The predicted molar refractivity (Wildman–Crippen MR) is 115 cm³/mol. The molecule has 2 heterocycles. The quantitative estimate of drug-likeness (QED) is 0.537. The first kappa shape index (κ1) is 19.2. The number of thioether (sulfide) groups is 1. The fourth-order valence-electron chi connectivity index (χ4n) is 3.12. The van der Waals surface area contributed by atoms with Crippen LogP contribution >= 0.6 is 23.1 Å². The van der Waals surface area contributed by atoms with Gasteiger partial charge in [-0.2, -0.15) is 0 Å². The normalized spacial score (nSPS) is 16.4. The van der Waals surface area contributed by atoms with Crippen LogP contribution in [0, 0.1) is 0 Å². The van der Waals surface area contributed by atoms with E-state index in [1.165, 1.54) is 11.3 Å². The molecule has 0 bridgehead atoms. The second-order valence-electron chi connectivity index (χ2n) is 6.48. The number of nitrogens with zero attached hydrogens (tertiary/aromatic N) is 1. The van der Waals surface area contributed by atoms with Crippen LogP contribution in [0.5, 0.6) is 5.75 Å². The van der Waals surface area contributed by atoms with E-state index in [1.54, 1.807) is 11.8 Å². The van der Waals surface area contributed by atoms with Crippen molar-refractivity contribution in [2.45, 2.75) is 30.8 Å². The first-order valence-electron chi connectivity index (χ1n) is 9.41. The van der Waals surface area contributed by atoms with Crippen molar-refractivity contribution in [3.8, 4) is 5.75 Å². The number of thiazole rings is 1. The molecule has 0 radical (unpaired) electrons. The Balaban J connectivity index is 1.48. The second kappa shape index (κ2) is 8.94. The zero-order valence-electron chi connectivity index (χ0n) is 15.6. The van der Waals surface area contributed by atoms with Crippen LogP contribution in [0.3, 0.4) is 0 Å². The van der Waals surface area contributed by atoms with Gasteiger partial charge in [-0.15, -0.1) is 11.8 Å². The maximum atomic E-state index is 12.9. The fourth-order valence-corrected chi connectivity index (χ4v) is 5.13. The molecule has 1 amide bonds. The van der Waals surface area contributed by atoms with Gasteiger partial charge < -0.3 is 9.47 Å². The number of hydrogen-bond donors (Lipinski definition) is 1. The van der Waals surface area contributed by atoms with E-state index < -0.39 is 0 Å². The summed E-state index contributed by atoms with van der Waals surface area (Å²) in [5, 5.41) is 3.54. The molecule has 1 aromatic heterocycles. The third-order valence-electron chi connectivity index (χ3n) is 4.47. The molecule has 3 aromatic rings. The Morgan fingerprint density at radius 3 is 3.07 bits per heavy atom. The number of nitrogens with one attached hydrogen (secondary N) is 1. The summed E-state index contributed by atoms with van der Waals surface area (Å²) in [4.78, 5) is 18.4. The van der Waals surface area contributed by atoms with E-state index in [0.29, 0.717) is 17.3 Å². The van der Waals surface area contributed by atoms with Crippen molar-refractivity contribution in [2.75, 3.05) is 24.3 Å². The molecule has 1 saturated heterocycles. The Morgan fingerprint density at radius 2 is 2.25 bits per heavy atom. The number of aromatic nitrogens is 1. The molecule has 146 valence electrons. The highest BCUT2D eigenvalue weighted by Crippen LogP contribution is 2.31. The number of ether oxygens (including phenoxy) is 2. The molecule has 1 fully saturated rings. The largest absolute Gasteiger partial charge is 0.494 e. The van der Waals surface area contributed by atoms with Crippen LogP contribution < -0.4 is 10.1 Å². The van der Waals surface area contributed by atoms with Crippen LogP contribution in [0.2, 0.25) is 0 Å². The summed E-state index contributed by atoms with van der Waals surface area (Å²) in [6, 6.07) is 13.5. The summed E-state index contributed by atoms with van der Waals surface area (Å²) in [7, 11) is 0. The average molecular weight is 415 g/mol. The lowest BCUT2D eigenvalue weighted by molar-refractivity contribution is 0.102. The minimum atomic E-state index is -0.139. The van der Waals surface area contributed by atoms with Crippen LogP contribution in [-0.4, -0.2) is 36.0 Å². The van der Waals surface area contributed by atoms with Gasteiger partial charge in [-0.05, 0) is 50.1 Å². The first-order chi connectivity index (χ1) is 13.7. The molecule has 0 saturated carbocycles. The Morgan fingerprint density at radius 1 is 1.36 bits per heavy atom. The van der Waals surface area contributed by atoms with Gasteiger partial charge >= 0.3 is 0 Å². The van der Waals surface area contributed by atoms with Gasteiger partial charge in [0.1, 0.15) is 5.75 Å². The van der Waals surface area contributed by atoms with E-state index in [4.69, 9.17) is 9.47 Å². The number of hydrogen-bond acceptors (Lipinski definition) is 6. The second-order valence-corrected chi connectivity index (χ2v) is 8.57. The van der Waals surface area contributed by atoms with E-state index in [-0.39, 0.29) is 12.0 Å². The fraction of sp³-hybridized carbons (Fsp3) is 0.333. The summed E-state index contributed by atoms with van der Waals surface area (Å²) in [6.45, 7) is 3.42. The molecule has 28 heavy (non-hydrogen) atoms. The van der Waals surface area contributed by atoms with Crippen LogP contribution in [0.1, 0.15) is 30.1 Å². The number of fused-ring (bicyclic) bond motifs is 1. The molecule has 2 aromatic carbocycles. The Bertz CT molecular complexity index is 967. The minimum absolute atomic E-state index is 0.139. The van der Waals surface area contributed by atoms with Gasteiger partial charge in [0.15, 0.2) is 5.13 Å². The molecular weight excluding hydrogens is 392 g/mol. The number of carbonyl (C=O) groups excluding carboxylic acids is 1. The SMILES string of the molecule is CCOc1ccc2nc(NC(=O)c3ccccc3SC[C@H]3CCCO3)sc2c1. The minimum Gasteiger partial charge on any atom is -0.494 e. The summed E-state index contributed by atoms with van der Waals surface area (Å²) in [5.74, 6) is 1.54. The summed E-state index contributed by atoms with van der Waals surface area (Å²) < 4.78 is 12.2. The lowest BCUT2D eigenvalue weighted by Crippen LogP contribution is -2.14. The number of anilines is 1. The zero-order chi connectivity index (χ0) is 19.3. The topological polar surface area (TPSA) is 60.5 Å². The van der Waals surface area contributed by atoms with Crippen LogP contribution in [0.15, 0.2) is 47.4 Å². The van der Waals surface area contributed by atoms with Gasteiger partial charge in [0.2, 0.25) is 0 Å². The molecule has 0 unspecified atom stereocenters. The van der Waals surface area contributed by atoms with Gasteiger partial charge in [-0.25, -0.2) is 4.98 Å². The highest BCUT2D eigenvalue weighted by molar-refractivity contribution is 7.99. The highest BCUT2D eigenvalue weighted by Gasteiger charge is 2.18. The summed E-state index contributed by atoms with van der Waals surface area (Å²) in [6.07, 6.45) is 2.50. The predicted octanol–water partition coefficient (Wildman–Crippen LogP) is 5.22. The van der Waals surface area contributed by atoms with Crippen molar-refractivity contribution in [2.24, 2.45) is 0 Å². The molecule has 1 aliphatic heterocycles. The Hall–Kier alpha value is -2.09. The van der Waals surface area contributed by atoms with Crippen LogP contribution in [0.25, 0.3) is 10.2 Å². The molecule has 7 heteroatoms. The summed E-state index contributed by atoms with van der Waals surface area (Å²) >= 11 is 3.13. The number of benzene rings is 2. The van der Waals surface area contributed by atoms with Crippen LogP contribution in [-0.2, 0) is 4.74 Å². The molecular formula is C21H22N2O3S2. The molecule has 0 aliphatic carbocycles. The standard InChI is InChI=1S/C21H22N2O3S2/c1-2-25-14-9-10-17-19(12-14)28-21(22-17)23-20(24)16-7-3-4-8-18(16)27-13-15-6-5-11-26-15/h3-4,7-10,12,15H,2,5-6,11,13H2,1H3,(H,22,23,24)/t15-/m1/s1. The van der Waals surface area contributed by atoms with Crippen molar-refractivity contribution in [1.82, 2.24) is 4.98 Å². The van der Waals surface area contributed by atoms with Crippen molar-refractivity contribution < 1.29 is 14.3 Å². The lowest BCUT2D eigenvalue weighted by Gasteiger charge is -2.11. The zero-order valence-corrected chi connectivity index (χ0v) is 17.3. The van der Waals surface area contributed by atoms with Crippen molar-refractivity contribution in [3.63, 3.8) is 0 Å². The number of carbonyl (C=O) groups is 1. The van der Waals surface area contributed by atoms with Gasteiger partial charge in [-0.1, -0.05) is 23.5 Å². The third kappa shape index (κ3) is 4.48. The first-order valence-corrected chi connectivity index (χ1v) is 11.2. The third-order valence-corrected chi connectivity index (χ3v) is 6.61. The Kier molecular flexibility index (Phi) is 6.14. The molecule has 4 rings (SSSR count). The van der Waals surface area contributed by atoms with Gasteiger partial charge in [0.25, 0.3) is 5.91 Å². The van der Waals surface area contributed by atoms with E-state index in [0.717, 1.165) is 46.1 Å². The smallest absolute Gasteiger partial charge is 0.258 e. The lowest BCUT2D eigenvalue weighted by atomic mass is 10.2. The molecule has 1 aliphatic rings. The molecule has 1 atom stereocenters. The number of amides is 1. The Labute approximate surface area is 172 Å². The monoisotopic (exact) mass is 414 g/mol. The van der Waals surface area contributed by atoms with Gasteiger partial charge in [0.05, 0.1) is 28.5 Å². The van der Waals surface area contributed by atoms with E-state index in [2.05, 4.69) is 10.3 Å². The van der Waals surface area contributed by atoms with Crippen molar-refractivity contribution in [3.05, 3.63) is 48.0 Å². The van der Waals surface area contributed by atoms with E-state index >= 15 is 0 Å². The van der Waals surface area contributed by atoms with Gasteiger partial charge in [-0.3, -0.25) is 10.1 Å². The average Bonchev–Trinajstić information content (AvgIpc) is 3.35. The maximum absolute atomic E-state index is 12.9. The van der Waals surface area contributed by atoms with Gasteiger partial charge in [0, 0.05) is 17.3 Å². The number of rotatable bonds is 7. The molecule has 0 spiro atoms. The van der Waals surface area contributed by atoms with Crippen LogP contribution in [0.4, 0.5) is 5.13 Å². The van der Waals surface area contributed by atoms with E-state index in [1.807, 2.05) is 49.4 Å². The van der Waals surface area contributed by atoms with Crippen molar-refractivity contribution >= 4 is 44.4 Å². The van der Waals surface area contributed by atoms with Crippen molar-refractivity contribution in [1.29, 1.82) is 0 Å². The van der Waals surface area contributed by atoms with E-state index in [9.17, 15) is 4.79 Å². The highest BCUT2D eigenvalue weighted by atomic mass is 32.2. The molecule has 5 nitrogen and oxygen atoms in total. The molecule has 1 N–H and O–H groups in total. The summed E-state index contributed by atoms with van der Waals surface area (Å²) in [5.41, 5.74) is 1.52.